The second-order valence-corrected chi connectivity index (χ2v) is 7.71. The molecule has 0 spiro atoms. The van der Waals surface area contributed by atoms with Gasteiger partial charge in [0, 0.05) is 24.2 Å². The van der Waals surface area contributed by atoms with Crippen molar-refractivity contribution in [1.82, 2.24) is 20.1 Å². The molecule has 0 aliphatic carbocycles. The highest BCUT2D eigenvalue weighted by atomic mass is 35.5. The van der Waals surface area contributed by atoms with Crippen molar-refractivity contribution in [3.63, 3.8) is 0 Å². The van der Waals surface area contributed by atoms with Crippen LogP contribution < -0.4 is 10.6 Å². The number of rotatable bonds is 7. The number of hydrogen-bond donors (Lipinski definition) is 2. The number of carbonyl (C=O) groups is 2. The van der Waals surface area contributed by atoms with Gasteiger partial charge in [-0.3, -0.25) is 14.2 Å². The van der Waals surface area contributed by atoms with Crippen LogP contribution in [0, 0.1) is 6.92 Å². The normalized spacial score (nSPS) is 10.6. The second-order valence-electron chi connectivity index (χ2n) is 6.36. The first-order valence-electron chi connectivity index (χ1n) is 8.85. The molecule has 0 saturated carbocycles. The van der Waals surface area contributed by atoms with E-state index in [4.69, 9.17) is 11.6 Å². The van der Waals surface area contributed by atoms with Crippen LogP contribution in [0.3, 0.4) is 0 Å². The molecule has 29 heavy (non-hydrogen) atoms. The molecule has 150 valence electrons. The molecular weight excluding hydrogens is 410 g/mol. The summed E-state index contributed by atoms with van der Waals surface area (Å²) in [6.45, 7) is 3.76. The Labute approximate surface area is 177 Å². The van der Waals surface area contributed by atoms with E-state index in [0.29, 0.717) is 22.4 Å². The number of thioether (sulfide) groups is 1. The summed E-state index contributed by atoms with van der Waals surface area (Å²) in [5.74, 6) is -0.0677. The molecule has 3 aromatic rings. The van der Waals surface area contributed by atoms with Crippen molar-refractivity contribution in [3.05, 3.63) is 64.9 Å². The van der Waals surface area contributed by atoms with Gasteiger partial charge in [0.15, 0.2) is 5.16 Å². The number of aryl methyl sites for hydroxylation is 1. The summed E-state index contributed by atoms with van der Waals surface area (Å²) < 4.78 is 1.79. The average molecular weight is 430 g/mol. The number of amides is 2. The van der Waals surface area contributed by atoms with E-state index in [0.717, 1.165) is 16.8 Å². The monoisotopic (exact) mass is 429 g/mol. The third kappa shape index (κ3) is 5.82. The van der Waals surface area contributed by atoms with Gasteiger partial charge < -0.3 is 10.6 Å². The van der Waals surface area contributed by atoms with E-state index in [-0.39, 0.29) is 17.6 Å². The maximum absolute atomic E-state index is 12.2. The van der Waals surface area contributed by atoms with Gasteiger partial charge in [0.2, 0.25) is 11.8 Å². The molecule has 1 aromatic heterocycles. The lowest BCUT2D eigenvalue weighted by atomic mass is 10.2. The molecule has 7 nitrogen and oxygen atoms in total. The van der Waals surface area contributed by atoms with Crippen molar-refractivity contribution in [2.45, 2.75) is 25.5 Å². The van der Waals surface area contributed by atoms with Crippen molar-refractivity contribution in [3.8, 4) is 5.69 Å². The fraction of sp³-hybridized carbons (Fsp3) is 0.200. The van der Waals surface area contributed by atoms with Gasteiger partial charge in [-0.15, -0.1) is 10.2 Å². The van der Waals surface area contributed by atoms with Gasteiger partial charge in [-0.1, -0.05) is 41.6 Å². The summed E-state index contributed by atoms with van der Waals surface area (Å²) >= 11 is 7.49. The van der Waals surface area contributed by atoms with E-state index in [9.17, 15) is 9.59 Å². The van der Waals surface area contributed by atoms with Gasteiger partial charge in [0.25, 0.3) is 0 Å². The van der Waals surface area contributed by atoms with Crippen LogP contribution >= 0.6 is 23.4 Å². The Bertz CT molecular complexity index is 1040. The maximum Gasteiger partial charge on any atom is 0.230 e. The van der Waals surface area contributed by atoms with E-state index in [1.165, 1.54) is 18.7 Å². The van der Waals surface area contributed by atoms with Crippen LogP contribution in [-0.4, -0.2) is 32.3 Å². The summed E-state index contributed by atoms with van der Waals surface area (Å²) in [5.41, 5.74) is 3.42. The van der Waals surface area contributed by atoms with E-state index in [1.807, 2.05) is 43.3 Å². The molecule has 0 bridgehead atoms. The molecule has 0 atom stereocenters. The summed E-state index contributed by atoms with van der Waals surface area (Å²) in [5, 5.41) is 14.9. The predicted molar refractivity (Wildman–Crippen MR) is 114 cm³/mol. The zero-order valence-corrected chi connectivity index (χ0v) is 17.5. The molecular formula is C20H20ClN5O2S. The lowest BCUT2D eigenvalue weighted by Crippen LogP contribution is -2.24. The van der Waals surface area contributed by atoms with Crippen molar-refractivity contribution < 1.29 is 9.59 Å². The Hall–Kier alpha value is -2.84. The molecule has 2 amide bonds. The molecule has 3 rings (SSSR count). The molecule has 0 aliphatic rings. The Balaban J connectivity index is 1.56. The average Bonchev–Trinajstić information content (AvgIpc) is 3.15. The smallest absolute Gasteiger partial charge is 0.230 e. The topological polar surface area (TPSA) is 88.9 Å². The number of anilines is 1. The lowest BCUT2D eigenvalue weighted by Gasteiger charge is -2.09. The molecule has 1 heterocycles. The van der Waals surface area contributed by atoms with Gasteiger partial charge >= 0.3 is 0 Å². The van der Waals surface area contributed by atoms with E-state index in [2.05, 4.69) is 20.8 Å². The Morgan fingerprint density at radius 2 is 2.03 bits per heavy atom. The first-order chi connectivity index (χ1) is 13.9. The van der Waals surface area contributed by atoms with Crippen molar-refractivity contribution in [1.29, 1.82) is 0 Å². The number of nitrogens with zero attached hydrogens (tertiary/aromatic N) is 3. The highest BCUT2D eigenvalue weighted by molar-refractivity contribution is 7.99. The quantitative estimate of drug-likeness (QED) is 0.560. The number of halogens is 1. The van der Waals surface area contributed by atoms with Gasteiger partial charge in [-0.05, 0) is 42.3 Å². The molecule has 0 saturated heterocycles. The number of carbonyl (C=O) groups excluding carboxylic acids is 2. The fourth-order valence-electron chi connectivity index (χ4n) is 2.58. The summed E-state index contributed by atoms with van der Waals surface area (Å²) in [4.78, 5) is 23.4. The van der Waals surface area contributed by atoms with Crippen LogP contribution in [0.1, 0.15) is 18.1 Å². The van der Waals surface area contributed by atoms with Crippen LogP contribution in [0.5, 0.6) is 0 Å². The van der Waals surface area contributed by atoms with Crippen LogP contribution in [0.25, 0.3) is 5.69 Å². The van der Waals surface area contributed by atoms with Gasteiger partial charge in [-0.2, -0.15) is 0 Å². The highest BCUT2D eigenvalue weighted by Crippen LogP contribution is 2.23. The highest BCUT2D eigenvalue weighted by Gasteiger charge is 2.11. The molecule has 2 aromatic carbocycles. The predicted octanol–water partition coefficient (Wildman–Crippen LogP) is 3.60. The molecule has 0 unspecified atom stereocenters. The van der Waals surface area contributed by atoms with Gasteiger partial charge in [-0.25, -0.2) is 0 Å². The SMILES string of the molecule is CC(=O)Nc1cccc(CNC(=O)CSc2nncn2-c2ccc(C)c(Cl)c2)c1. The number of benzene rings is 2. The molecule has 9 heteroatoms. The van der Waals surface area contributed by atoms with Crippen LogP contribution in [0.4, 0.5) is 5.69 Å². The zero-order chi connectivity index (χ0) is 20.8. The zero-order valence-electron chi connectivity index (χ0n) is 16.0. The van der Waals surface area contributed by atoms with Crippen LogP contribution in [0.15, 0.2) is 53.9 Å². The maximum atomic E-state index is 12.2. The number of aromatic nitrogens is 3. The van der Waals surface area contributed by atoms with Crippen LogP contribution in [0.2, 0.25) is 5.02 Å². The first-order valence-corrected chi connectivity index (χ1v) is 10.2. The minimum Gasteiger partial charge on any atom is -0.351 e. The Kier molecular flexibility index (Phi) is 6.90. The third-order valence-corrected chi connectivity index (χ3v) is 5.37. The first kappa shape index (κ1) is 20.9. The summed E-state index contributed by atoms with van der Waals surface area (Å²) in [6, 6.07) is 13.0. The minimum atomic E-state index is -0.137. The second kappa shape index (κ2) is 9.58. The number of nitrogens with one attached hydrogen (secondary N) is 2. The molecule has 0 radical (unpaired) electrons. The standard InChI is InChI=1S/C20H20ClN5O2S/c1-13-6-7-17(9-18(13)21)26-12-23-25-20(26)29-11-19(28)22-10-15-4-3-5-16(8-15)24-14(2)27/h3-9,12H,10-11H2,1-2H3,(H,22,28)(H,24,27). The summed E-state index contributed by atoms with van der Waals surface area (Å²) in [7, 11) is 0. The van der Waals surface area contributed by atoms with Gasteiger partial charge in [0.1, 0.15) is 6.33 Å². The van der Waals surface area contributed by atoms with E-state index >= 15 is 0 Å². The summed E-state index contributed by atoms with van der Waals surface area (Å²) in [6.07, 6.45) is 1.59. The molecule has 0 fully saturated rings. The van der Waals surface area contributed by atoms with Crippen LogP contribution in [-0.2, 0) is 16.1 Å². The van der Waals surface area contributed by atoms with E-state index in [1.54, 1.807) is 17.0 Å². The van der Waals surface area contributed by atoms with E-state index < -0.39 is 0 Å². The van der Waals surface area contributed by atoms with Crippen molar-refractivity contribution in [2.75, 3.05) is 11.1 Å². The third-order valence-electron chi connectivity index (χ3n) is 4.02. The fourth-order valence-corrected chi connectivity index (χ4v) is 3.51. The van der Waals surface area contributed by atoms with Crippen molar-refractivity contribution in [2.24, 2.45) is 0 Å². The number of hydrogen-bond acceptors (Lipinski definition) is 5. The van der Waals surface area contributed by atoms with Gasteiger partial charge in [0.05, 0.1) is 11.4 Å². The Morgan fingerprint density at radius 3 is 2.79 bits per heavy atom. The molecule has 2 N–H and O–H groups in total. The van der Waals surface area contributed by atoms with Crippen molar-refractivity contribution >= 4 is 40.9 Å². The minimum absolute atomic E-state index is 0.128. The Morgan fingerprint density at radius 1 is 1.21 bits per heavy atom. The molecule has 0 aliphatic heterocycles. The largest absolute Gasteiger partial charge is 0.351 e. The lowest BCUT2D eigenvalue weighted by molar-refractivity contribution is -0.118.